The van der Waals surface area contributed by atoms with E-state index in [4.69, 9.17) is 42.1 Å². The van der Waals surface area contributed by atoms with Gasteiger partial charge >= 0.3 is 12.4 Å². The molecular formula is C21H22F6N6O7S. The maximum Gasteiger partial charge on any atom is 0.430 e. The number of halogens is 6. The maximum atomic E-state index is 12.2. The number of nitrogens with two attached hydrogens (primary N) is 4. The fraction of sp³-hybridized carbons (Fsp3) is 0.190. The molecule has 0 radical (unpaired) electrons. The first-order chi connectivity index (χ1) is 18.6. The van der Waals surface area contributed by atoms with E-state index >= 15 is 0 Å². The SMILES string of the molecule is NC(=[NH2+])c1ccc(CNC(=O)CNS(=O)(=O)c2ccc(C(N)=[NH2+])cc2)cc1.O=C([O-])C(F)(F)F.O=C([O-])C(F)(F)F. The Balaban J connectivity index is 0.000000941. The Kier molecular flexibility index (Phi) is 13.4. The Labute approximate surface area is 227 Å². The molecule has 0 unspecified atom stereocenters. The topological polar surface area (TPSA) is 259 Å². The van der Waals surface area contributed by atoms with Gasteiger partial charge in [-0.15, -0.1) is 0 Å². The number of hydrogen-bond acceptors (Lipinski definition) is 7. The third-order valence-corrected chi connectivity index (χ3v) is 5.58. The van der Waals surface area contributed by atoms with Crippen LogP contribution in [-0.4, -0.2) is 56.8 Å². The van der Waals surface area contributed by atoms with Crippen LogP contribution in [-0.2, 0) is 31.0 Å². The molecule has 0 fully saturated rings. The molecule has 226 valence electrons. The van der Waals surface area contributed by atoms with Gasteiger partial charge in [0.25, 0.3) is 11.7 Å². The largest absolute Gasteiger partial charge is 0.542 e. The fourth-order valence-corrected chi connectivity index (χ4v) is 3.13. The van der Waals surface area contributed by atoms with Gasteiger partial charge in [-0.25, -0.2) is 13.1 Å². The third kappa shape index (κ3) is 14.3. The van der Waals surface area contributed by atoms with Crippen LogP contribution in [0, 0.1) is 0 Å². The van der Waals surface area contributed by atoms with Gasteiger partial charge in [0.15, 0.2) is 0 Å². The monoisotopic (exact) mass is 616 g/mol. The summed E-state index contributed by atoms with van der Waals surface area (Å²) in [5, 5.41) is 31.1. The molecule has 2 rings (SSSR count). The first kappa shape index (κ1) is 36.3. The smallest absolute Gasteiger partial charge is 0.430 e. The molecule has 1 amide bonds. The van der Waals surface area contributed by atoms with Crippen LogP contribution in [0.5, 0.6) is 0 Å². The maximum absolute atomic E-state index is 12.2. The van der Waals surface area contributed by atoms with Crippen molar-refractivity contribution < 1.29 is 70.2 Å². The van der Waals surface area contributed by atoms with Crippen LogP contribution in [0.25, 0.3) is 0 Å². The zero-order chi connectivity index (χ0) is 32.2. The van der Waals surface area contributed by atoms with E-state index in [9.17, 15) is 39.6 Å². The number of amidine groups is 2. The minimum Gasteiger partial charge on any atom is -0.542 e. The number of benzene rings is 2. The van der Waals surface area contributed by atoms with Crippen molar-refractivity contribution in [1.82, 2.24) is 10.0 Å². The van der Waals surface area contributed by atoms with Crippen LogP contribution in [0.3, 0.4) is 0 Å². The Morgan fingerprint density at radius 1 is 0.756 bits per heavy atom. The zero-order valence-corrected chi connectivity index (χ0v) is 21.2. The van der Waals surface area contributed by atoms with E-state index in [1.165, 1.54) is 24.3 Å². The molecule has 0 atom stereocenters. The molecule has 2 aromatic carbocycles. The zero-order valence-electron chi connectivity index (χ0n) is 20.4. The molecule has 20 heteroatoms. The lowest BCUT2D eigenvalue weighted by Crippen LogP contribution is -2.46. The van der Waals surface area contributed by atoms with E-state index in [0.717, 1.165) is 5.56 Å². The quantitative estimate of drug-likeness (QED) is 0.0940. The van der Waals surface area contributed by atoms with Gasteiger partial charge in [-0.1, -0.05) is 12.1 Å². The van der Waals surface area contributed by atoms with Gasteiger partial charge in [-0.2, -0.15) is 26.3 Å². The lowest BCUT2D eigenvalue weighted by Gasteiger charge is -2.08. The Morgan fingerprint density at radius 3 is 1.41 bits per heavy atom. The molecule has 0 aliphatic rings. The summed E-state index contributed by atoms with van der Waals surface area (Å²) in [4.78, 5) is 29.5. The van der Waals surface area contributed by atoms with E-state index in [1.807, 2.05) is 0 Å². The number of sulfonamides is 1. The highest BCUT2D eigenvalue weighted by Gasteiger charge is 2.29. The number of carbonyl (C=O) groups excluding carboxylic acids is 3. The standard InChI is InChI=1S/C17H20N6O3S.2C2HF3O2/c18-16(19)12-3-1-11(2-4-12)9-22-15(24)10-23-27(25,26)14-7-5-13(6-8-14)17(20)21;2*3-2(4,5)1(6)7/h1-8,23H,9-10H2,(H3,18,19)(H3,20,21)(H,22,24);2*(H,6,7). The number of hydrogen-bond donors (Lipinski definition) is 6. The van der Waals surface area contributed by atoms with Crippen LogP contribution >= 0.6 is 0 Å². The number of carboxylic acid groups (broad SMARTS) is 2. The summed E-state index contributed by atoms with van der Waals surface area (Å²) in [6, 6.07) is 12.7. The molecule has 0 spiro atoms. The summed E-state index contributed by atoms with van der Waals surface area (Å²) in [7, 11) is -3.83. The minimum absolute atomic E-state index is 0.00603. The summed E-state index contributed by atoms with van der Waals surface area (Å²) >= 11 is 0. The van der Waals surface area contributed by atoms with Crippen molar-refractivity contribution in [3.8, 4) is 0 Å². The average Bonchev–Trinajstić information content (AvgIpc) is 2.86. The third-order valence-electron chi connectivity index (χ3n) is 4.16. The average molecular weight is 616 g/mol. The lowest BCUT2D eigenvalue weighted by molar-refractivity contribution is -0.344. The second kappa shape index (κ2) is 15.2. The highest BCUT2D eigenvalue weighted by atomic mass is 32.2. The Hall–Kier alpha value is -4.72. The van der Waals surface area contributed by atoms with Gasteiger partial charge in [0.2, 0.25) is 15.9 Å². The summed E-state index contributed by atoms with van der Waals surface area (Å²) in [6.45, 7) is -0.150. The van der Waals surface area contributed by atoms with Crippen molar-refractivity contribution in [2.24, 2.45) is 11.5 Å². The van der Waals surface area contributed by atoms with Gasteiger partial charge in [0.1, 0.15) is 11.9 Å². The van der Waals surface area contributed by atoms with Crippen LogP contribution in [0.1, 0.15) is 16.7 Å². The first-order valence-corrected chi connectivity index (χ1v) is 11.8. The van der Waals surface area contributed by atoms with Crippen LogP contribution in [0.4, 0.5) is 26.3 Å². The number of carboxylic acids is 2. The number of alkyl halides is 6. The summed E-state index contributed by atoms with van der Waals surface area (Å²) in [6.07, 6.45) is -10.4. The Bertz CT molecular complexity index is 1320. The van der Waals surface area contributed by atoms with Gasteiger partial charge in [-0.05, 0) is 42.0 Å². The molecule has 2 aromatic rings. The molecule has 41 heavy (non-hydrogen) atoms. The minimum atomic E-state index is -5.19. The lowest BCUT2D eigenvalue weighted by atomic mass is 10.1. The molecule has 0 aromatic heterocycles. The van der Waals surface area contributed by atoms with Gasteiger partial charge in [0.05, 0.1) is 22.6 Å². The Morgan fingerprint density at radius 2 is 1.10 bits per heavy atom. The summed E-state index contributed by atoms with van der Waals surface area (Å²) in [5.41, 5.74) is 13.0. The van der Waals surface area contributed by atoms with E-state index in [1.54, 1.807) is 24.3 Å². The molecule has 0 heterocycles. The predicted octanol–water partition coefficient (Wildman–Crippen LogP) is -5.19. The normalized spacial score (nSPS) is 11.1. The van der Waals surface area contributed by atoms with Crippen LogP contribution < -0.4 is 42.5 Å². The molecule has 0 bridgehead atoms. The van der Waals surface area contributed by atoms with Gasteiger partial charge < -0.3 is 25.1 Å². The number of carbonyl (C=O) groups is 3. The summed E-state index contributed by atoms with van der Waals surface area (Å²) in [5.74, 6) is -6.19. The van der Waals surface area contributed by atoms with Crippen LogP contribution in [0.15, 0.2) is 53.4 Å². The fourth-order valence-electron chi connectivity index (χ4n) is 2.15. The van der Waals surface area contributed by atoms with Crippen molar-refractivity contribution in [2.45, 2.75) is 23.8 Å². The van der Waals surface area contributed by atoms with E-state index in [2.05, 4.69) is 10.0 Å². The van der Waals surface area contributed by atoms with Gasteiger partial charge in [-0.3, -0.25) is 27.1 Å². The number of amides is 1. The predicted molar refractivity (Wildman–Crippen MR) is 122 cm³/mol. The molecule has 10 N–H and O–H groups in total. The van der Waals surface area contributed by atoms with Crippen molar-refractivity contribution in [1.29, 1.82) is 0 Å². The number of rotatable bonds is 8. The molecule has 0 aliphatic heterocycles. The van der Waals surface area contributed by atoms with E-state index < -0.39 is 46.8 Å². The molecule has 0 saturated heterocycles. The van der Waals surface area contributed by atoms with Crippen molar-refractivity contribution in [3.05, 3.63) is 65.2 Å². The van der Waals surface area contributed by atoms with Gasteiger partial charge in [0, 0.05) is 6.54 Å². The second-order valence-electron chi connectivity index (χ2n) is 7.30. The van der Waals surface area contributed by atoms with E-state index in [0.29, 0.717) is 11.1 Å². The number of nitrogens with one attached hydrogen (secondary N) is 2. The molecule has 13 nitrogen and oxygen atoms in total. The second-order valence-corrected chi connectivity index (χ2v) is 9.07. The highest BCUT2D eigenvalue weighted by Crippen LogP contribution is 2.12. The van der Waals surface area contributed by atoms with Crippen molar-refractivity contribution >= 4 is 39.5 Å². The van der Waals surface area contributed by atoms with Crippen molar-refractivity contribution in [3.63, 3.8) is 0 Å². The highest BCUT2D eigenvalue weighted by molar-refractivity contribution is 7.89. The molecule has 0 aliphatic carbocycles. The van der Waals surface area contributed by atoms with Crippen molar-refractivity contribution in [2.75, 3.05) is 6.54 Å². The van der Waals surface area contributed by atoms with E-state index in [-0.39, 0.29) is 23.1 Å². The first-order valence-electron chi connectivity index (χ1n) is 10.4. The molecular weight excluding hydrogens is 594 g/mol. The molecule has 0 saturated carbocycles. The summed E-state index contributed by atoms with van der Waals surface area (Å²) < 4.78 is 89.7. The number of aliphatic carboxylic acids is 2. The van der Waals surface area contributed by atoms with Crippen LogP contribution in [0.2, 0.25) is 0 Å².